The summed E-state index contributed by atoms with van der Waals surface area (Å²) in [7, 11) is 1.33. The van der Waals surface area contributed by atoms with Crippen LogP contribution in [0.2, 0.25) is 0 Å². The van der Waals surface area contributed by atoms with Gasteiger partial charge in [0.05, 0.1) is 7.11 Å². The van der Waals surface area contributed by atoms with Gasteiger partial charge >= 0.3 is 5.97 Å². The number of rotatable bonds is 4. The molecule has 1 aliphatic heterocycles. The van der Waals surface area contributed by atoms with E-state index in [0.29, 0.717) is 0 Å². The van der Waals surface area contributed by atoms with E-state index in [1.54, 1.807) is 6.07 Å². The lowest BCUT2D eigenvalue weighted by atomic mass is 10.1. The molecular formula is C19H23N3O3. The van der Waals surface area contributed by atoms with Crippen LogP contribution in [-0.2, 0) is 4.74 Å². The molecule has 6 heteroatoms. The van der Waals surface area contributed by atoms with Crippen molar-refractivity contribution in [3.05, 3.63) is 47.2 Å². The zero-order valence-electron chi connectivity index (χ0n) is 14.9. The van der Waals surface area contributed by atoms with E-state index in [2.05, 4.69) is 51.9 Å². The van der Waals surface area contributed by atoms with Crippen LogP contribution in [0.3, 0.4) is 0 Å². The number of carbonyl (C=O) groups excluding carboxylic acids is 1. The first-order valence-electron chi connectivity index (χ1n) is 8.48. The summed E-state index contributed by atoms with van der Waals surface area (Å²) in [5.41, 5.74) is 2.57. The van der Waals surface area contributed by atoms with Gasteiger partial charge in [-0.3, -0.25) is 0 Å². The Bertz CT molecular complexity index is 718. The lowest BCUT2D eigenvalue weighted by Gasteiger charge is -2.33. The van der Waals surface area contributed by atoms with E-state index in [9.17, 15) is 4.79 Å². The number of anilines is 1. The summed E-state index contributed by atoms with van der Waals surface area (Å²) in [6, 6.07) is 9.67. The number of carbonyl (C=O) groups is 1. The summed E-state index contributed by atoms with van der Waals surface area (Å²) < 4.78 is 10.9. The van der Waals surface area contributed by atoms with Gasteiger partial charge in [0.2, 0.25) is 0 Å². The Morgan fingerprint density at radius 1 is 1.08 bits per heavy atom. The van der Waals surface area contributed by atoms with Crippen molar-refractivity contribution < 1.29 is 14.3 Å². The summed E-state index contributed by atoms with van der Waals surface area (Å²) in [4.78, 5) is 13.6. The minimum absolute atomic E-state index is 0.207. The fourth-order valence-electron chi connectivity index (χ4n) is 3.06. The molecule has 2 heterocycles. The molecule has 6 nitrogen and oxygen atoms in total. The molecule has 25 heavy (non-hydrogen) atoms. The Morgan fingerprint density at radius 2 is 1.76 bits per heavy atom. The summed E-state index contributed by atoms with van der Waals surface area (Å²) in [5, 5.41) is 8.08. The molecule has 1 aliphatic rings. The smallest absolute Gasteiger partial charge is 0.358 e. The maximum atomic E-state index is 11.4. The van der Waals surface area contributed by atoms with Crippen LogP contribution in [0.15, 0.2) is 30.3 Å². The highest BCUT2D eigenvalue weighted by atomic mass is 16.5. The number of hydrogen-bond donors (Lipinski definition) is 0. The van der Waals surface area contributed by atoms with Crippen LogP contribution in [0.25, 0.3) is 0 Å². The average molecular weight is 341 g/mol. The predicted molar refractivity (Wildman–Crippen MR) is 95.2 cm³/mol. The normalized spacial score (nSPS) is 15.1. The number of benzene rings is 1. The molecule has 1 saturated heterocycles. The summed E-state index contributed by atoms with van der Waals surface area (Å²) in [6.07, 6.45) is 2.06. The highest BCUT2D eigenvalue weighted by Crippen LogP contribution is 2.27. The van der Waals surface area contributed by atoms with Crippen LogP contribution in [0.1, 0.15) is 34.5 Å². The zero-order chi connectivity index (χ0) is 17.8. The molecule has 0 unspecified atom stereocenters. The van der Waals surface area contributed by atoms with Crippen LogP contribution in [0, 0.1) is 13.8 Å². The van der Waals surface area contributed by atoms with Crippen molar-refractivity contribution in [1.82, 2.24) is 10.2 Å². The Kier molecular flexibility index (Phi) is 5.16. The van der Waals surface area contributed by atoms with Gasteiger partial charge in [0.15, 0.2) is 11.5 Å². The maximum Gasteiger partial charge on any atom is 0.358 e. The number of hydrogen-bond acceptors (Lipinski definition) is 6. The highest BCUT2D eigenvalue weighted by Gasteiger charge is 2.23. The van der Waals surface area contributed by atoms with E-state index in [4.69, 9.17) is 4.74 Å². The van der Waals surface area contributed by atoms with Crippen molar-refractivity contribution in [2.75, 3.05) is 25.1 Å². The molecule has 0 spiro atoms. The first-order valence-corrected chi connectivity index (χ1v) is 8.48. The summed E-state index contributed by atoms with van der Waals surface area (Å²) in [6.45, 7) is 5.86. The first kappa shape index (κ1) is 17.2. The fourth-order valence-corrected chi connectivity index (χ4v) is 3.06. The Hall–Kier alpha value is -2.63. The second kappa shape index (κ2) is 7.51. The molecule has 3 rings (SSSR count). The second-order valence-corrected chi connectivity index (χ2v) is 6.29. The monoisotopic (exact) mass is 341 g/mol. The SMILES string of the molecule is COC(=O)c1ccc(N2CCC(Oc3c(C)cccc3C)CC2)nn1. The molecule has 0 atom stereocenters. The molecular weight excluding hydrogens is 318 g/mol. The van der Waals surface area contributed by atoms with E-state index in [1.807, 2.05) is 6.07 Å². The molecule has 0 radical (unpaired) electrons. The van der Waals surface area contributed by atoms with Gasteiger partial charge in [-0.15, -0.1) is 10.2 Å². The van der Waals surface area contributed by atoms with Crippen molar-refractivity contribution in [1.29, 1.82) is 0 Å². The molecule has 0 aliphatic carbocycles. The molecule has 1 aromatic heterocycles. The lowest BCUT2D eigenvalue weighted by Crippen LogP contribution is -2.39. The molecule has 0 bridgehead atoms. The number of aromatic nitrogens is 2. The lowest BCUT2D eigenvalue weighted by molar-refractivity contribution is 0.0592. The van der Waals surface area contributed by atoms with E-state index in [1.165, 1.54) is 18.2 Å². The minimum atomic E-state index is -0.472. The summed E-state index contributed by atoms with van der Waals surface area (Å²) >= 11 is 0. The number of methoxy groups -OCH3 is 1. The van der Waals surface area contributed by atoms with Gasteiger partial charge in [-0.1, -0.05) is 18.2 Å². The van der Waals surface area contributed by atoms with E-state index in [-0.39, 0.29) is 11.8 Å². The third-order valence-electron chi connectivity index (χ3n) is 4.50. The number of piperidine rings is 1. The molecule has 2 aromatic rings. The molecule has 132 valence electrons. The predicted octanol–water partition coefficient (Wildman–Crippen LogP) is 2.93. The highest BCUT2D eigenvalue weighted by molar-refractivity contribution is 5.86. The molecule has 0 amide bonds. The van der Waals surface area contributed by atoms with Gasteiger partial charge in [0.25, 0.3) is 0 Å². The minimum Gasteiger partial charge on any atom is -0.490 e. The van der Waals surface area contributed by atoms with Gasteiger partial charge in [0, 0.05) is 25.9 Å². The van der Waals surface area contributed by atoms with Gasteiger partial charge in [-0.2, -0.15) is 0 Å². The Balaban J connectivity index is 1.59. The van der Waals surface area contributed by atoms with Crippen molar-refractivity contribution in [3.63, 3.8) is 0 Å². The molecule has 1 aromatic carbocycles. The van der Waals surface area contributed by atoms with Crippen molar-refractivity contribution in [2.24, 2.45) is 0 Å². The van der Waals surface area contributed by atoms with E-state index < -0.39 is 5.97 Å². The Labute approximate surface area is 147 Å². The van der Waals surface area contributed by atoms with Crippen LogP contribution in [0.4, 0.5) is 5.82 Å². The van der Waals surface area contributed by atoms with Crippen LogP contribution in [-0.4, -0.2) is 42.5 Å². The molecule has 0 N–H and O–H groups in total. The average Bonchev–Trinajstić information content (AvgIpc) is 2.65. The largest absolute Gasteiger partial charge is 0.490 e. The van der Waals surface area contributed by atoms with Crippen molar-refractivity contribution in [3.8, 4) is 5.75 Å². The molecule has 0 saturated carbocycles. The zero-order valence-corrected chi connectivity index (χ0v) is 14.9. The van der Waals surface area contributed by atoms with Gasteiger partial charge in [-0.25, -0.2) is 4.79 Å². The van der Waals surface area contributed by atoms with Crippen molar-refractivity contribution in [2.45, 2.75) is 32.8 Å². The third-order valence-corrected chi connectivity index (χ3v) is 4.50. The third kappa shape index (κ3) is 3.90. The van der Waals surface area contributed by atoms with Crippen LogP contribution in [0.5, 0.6) is 5.75 Å². The molecule has 1 fully saturated rings. The number of para-hydroxylation sites is 1. The van der Waals surface area contributed by atoms with Crippen LogP contribution < -0.4 is 9.64 Å². The van der Waals surface area contributed by atoms with Gasteiger partial charge in [-0.05, 0) is 37.1 Å². The number of nitrogens with zero attached hydrogens (tertiary/aromatic N) is 3. The van der Waals surface area contributed by atoms with E-state index >= 15 is 0 Å². The van der Waals surface area contributed by atoms with Crippen LogP contribution >= 0.6 is 0 Å². The number of esters is 1. The topological polar surface area (TPSA) is 64.5 Å². The second-order valence-electron chi connectivity index (χ2n) is 6.29. The van der Waals surface area contributed by atoms with Gasteiger partial charge in [0.1, 0.15) is 11.9 Å². The van der Waals surface area contributed by atoms with Crippen molar-refractivity contribution >= 4 is 11.8 Å². The standard InChI is InChI=1S/C19H23N3O3/c1-13-5-4-6-14(2)18(13)25-15-9-11-22(12-10-15)17-8-7-16(20-21-17)19(23)24-3/h4-8,15H,9-12H2,1-3H3. The summed E-state index contributed by atoms with van der Waals surface area (Å²) in [5.74, 6) is 1.31. The number of ether oxygens (including phenoxy) is 2. The Morgan fingerprint density at radius 3 is 2.32 bits per heavy atom. The number of aryl methyl sites for hydroxylation is 2. The fraction of sp³-hybridized carbons (Fsp3) is 0.421. The maximum absolute atomic E-state index is 11.4. The first-order chi connectivity index (χ1) is 12.1. The van der Waals surface area contributed by atoms with Gasteiger partial charge < -0.3 is 14.4 Å². The quantitative estimate of drug-likeness (QED) is 0.797. The van der Waals surface area contributed by atoms with E-state index in [0.717, 1.165) is 37.5 Å².